The van der Waals surface area contributed by atoms with Gasteiger partial charge in [-0.3, -0.25) is 4.79 Å². The van der Waals surface area contributed by atoms with Crippen LogP contribution in [0.5, 0.6) is 0 Å². The Hall–Kier alpha value is -2.16. The number of hydrogen-bond acceptors (Lipinski definition) is 1. The van der Waals surface area contributed by atoms with E-state index in [1.807, 2.05) is 49.9 Å². The molecule has 1 aliphatic carbocycles. The molecular weight excluding hydrogens is 301 g/mol. The molecule has 2 aromatic rings. The number of aryl methyl sites for hydroxylation is 1. The van der Waals surface area contributed by atoms with E-state index in [0.717, 1.165) is 18.4 Å². The summed E-state index contributed by atoms with van der Waals surface area (Å²) in [6, 6.07) is 15.0. The van der Waals surface area contributed by atoms with Gasteiger partial charge in [-0.1, -0.05) is 48.0 Å². The SMILES string of the molecule is Cc1cccc(CN(C(=O)C2(c3ccccc3F)CC2)C(C)C)c1. The van der Waals surface area contributed by atoms with Crippen molar-refractivity contribution >= 4 is 5.91 Å². The van der Waals surface area contributed by atoms with Crippen LogP contribution >= 0.6 is 0 Å². The van der Waals surface area contributed by atoms with Gasteiger partial charge in [-0.25, -0.2) is 4.39 Å². The van der Waals surface area contributed by atoms with Crippen LogP contribution in [0, 0.1) is 12.7 Å². The number of amides is 1. The van der Waals surface area contributed by atoms with Crippen molar-refractivity contribution in [2.24, 2.45) is 0 Å². The quantitative estimate of drug-likeness (QED) is 0.786. The minimum absolute atomic E-state index is 0.0455. The summed E-state index contributed by atoms with van der Waals surface area (Å²) >= 11 is 0. The highest BCUT2D eigenvalue weighted by Gasteiger charge is 2.54. The van der Waals surface area contributed by atoms with Gasteiger partial charge in [0.1, 0.15) is 5.82 Å². The molecule has 0 heterocycles. The van der Waals surface area contributed by atoms with Crippen molar-refractivity contribution in [3.8, 4) is 0 Å². The van der Waals surface area contributed by atoms with Crippen LogP contribution in [0.2, 0.25) is 0 Å². The summed E-state index contributed by atoms with van der Waals surface area (Å²) in [5.41, 5.74) is 2.17. The fourth-order valence-corrected chi connectivity index (χ4v) is 3.34. The fourth-order valence-electron chi connectivity index (χ4n) is 3.34. The summed E-state index contributed by atoms with van der Waals surface area (Å²) in [6.07, 6.45) is 1.45. The van der Waals surface area contributed by atoms with Crippen molar-refractivity contribution in [1.29, 1.82) is 0 Å². The second kappa shape index (κ2) is 6.39. The smallest absolute Gasteiger partial charge is 0.233 e. The topological polar surface area (TPSA) is 20.3 Å². The van der Waals surface area contributed by atoms with Crippen LogP contribution in [-0.4, -0.2) is 16.8 Å². The molecule has 2 aromatic carbocycles. The summed E-state index contributed by atoms with van der Waals surface area (Å²) in [7, 11) is 0. The molecule has 0 atom stereocenters. The maximum absolute atomic E-state index is 14.3. The van der Waals surface area contributed by atoms with Crippen LogP contribution in [0.25, 0.3) is 0 Å². The molecule has 3 rings (SSSR count). The summed E-state index contributed by atoms with van der Waals surface area (Å²) < 4.78 is 14.3. The average Bonchev–Trinajstić information content (AvgIpc) is 3.34. The Morgan fingerprint density at radius 1 is 1.17 bits per heavy atom. The number of carbonyl (C=O) groups is 1. The number of benzene rings is 2. The van der Waals surface area contributed by atoms with E-state index in [-0.39, 0.29) is 17.8 Å². The van der Waals surface area contributed by atoms with Crippen LogP contribution in [-0.2, 0) is 16.8 Å². The van der Waals surface area contributed by atoms with Crippen LogP contribution in [0.1, 0.15) is 43.4 Å². The molecule has 0 unspecified atom stereocenters. The Morgan fingerprint density at radius 2 is 1.88 bits per heavy atom. The Labute approximate surface area is 143 Å². The molecule has 1 saturated carbocycles. The molecule has 0 spiro atoms. The highest BCUT2D eigenvalue weighted by atomic mass is 19.1. The zero-order valence-corrected chi connectivity index (χ0v) is 14.6. The number of carbonyl (C=O) groups excluding carboxylic acids is 1. The van der Waals surface area contributed by atoms with Gasteiger partial charge in [-0.05, 0) is 45.2 Å². The summed E-state index contributed by atoms with van der Waals surface area (Å²) in [5.74, 6) is -0.230. The van der Waals surface area contributed by atoms with Gasteiger partial charge >= 0.3 is 0 Å². The molecule has 0 aliphatic heterocycles. The molecule has 1 amide bonds. The number of nitrogens with zero attached hydrogens (tertiary/aromatic N) is 1. The highest BCUT2D eigenvalue weighted by molar-refractivity contribution is 5.91. The van der Waals surface area contributed by atoms with E-state index in [0.29, 0.717) is 12.1 Å². The first-order chi connectivity index (χ1) is 11.4. The summed E-state index contributed by atoms with van der Waals surface area (Å²) in [5, 5.41) is 0. The van der Waals surface area contributed by atoms with E-state index in [1.54, 1.807) is 12.1 Å². The molecule has 0 saturated heterocycles. The van der Waals surface area contributed by atoms with Gasteiger partial charge in [0.2, 0.25) is 5.91 Å². The molecule has 2 nitrogen and oxygen atoms in total. The normalized spacial score (nSPS) is 15.4. The lowest BCUT2D eigenvalue weighted by Gasteiger charge is -2.31. The van der Waals surface area contributed by atoms with Gasteiger partial charge in [0.15, 0.2) is 0 Å². The van der Waals surface area contributed by atoms with Crippen molar-refractivity contribution in [3.63, 3.8) is 0 Å². The second-order valence-electron chi connectivity index (χ2n) is 7.08. The van der Waals surface area contributed by atoms with Gasteiger partial charge in [-0.15, -0.1) is 0 Å². The van der Waals surface area contributed by atoms with E-state index < -0.39 is 5.41 Å². The number of halogens is 1. The predicted molar refractivity (Wildman–Crippen MR) is 94.2 cm³/mol. The summed E-state index contributed by atoms with van der Waals surface area (Å²) in [4.78, 5) is 15.2. The first-order valence-electron chi connectivity index (χ1n) is 8.56. The Bertz CT molecular complexity index is 749. The Kier molecular flexibility index (Phi) is 4.44. The first-order valence-corrected chi connectivity index (χ1v) is 8.56. The first kappa shape index (κ1) is 16.7. The van der Waals surface area contributed by atoms with Gasteiger partial charge in [-0.2, -0.15) is 0 Å². The van der Waals surface area contributed by atoms with Crippen LogP contribution in [0.3, 0.4) is 0 Å². The maximum atomic E-state index is 14.3. The maximum Gasteiger partial charge on any atom is 0.233 e. The molecule has 0 N–H and O–H groups in total. The van der Waals surface area contributed by atoms with Gasteiger partial charge in [0.05, 0.1) is 5.41 Å². The van der Waals surface area contributed by atoms with Gasteiger partial charge in [0, 0.05) is 18.2 Å². The predicted octanol–water partition coefficient (Wildman–Crippen LogP) is 4.60. The zero-order valence-electron chi connectivity index (χ0n) is 14.6. The molecule has 24 heavy (non-hydrogen) atoms. The highest BCUT2D eigenvalue weighted by Crippen LogP contribution is 2.50. The lowest BCUT2D eigenvalue weighted by Crippen LogP contribution is -2.43. The third kappa shape index (κ3) is 3.08. The van der Waals surface area contributed by atoms with Crippen molar-refractivity contribution in [2.75, 3.05) is 0 Å². The third-order valence-corrected chi connectivity index (χ3v) is 4.87. The standard InChI is InChI=1S/C21H24FNO/c1-15(2)23(14-17-8-6-7-16(3)13-17)20(24)21(11-12-21)18-9-4-5-10-19(18)22/h4-10,13,15H,11-12,14H2,1-3H3. The molecule has 0 aromatic heterocycles. The van der Waals surface area contributed by atoms with Crippen LogP contribution in [0.15, 0.2) is 48.5 Å². The van der Waals surface area contributed by atoms with Gasteiger partial charge in [0.25, 0.3) is 0 Å². The molecule has 1 aliphatic rings. The molecule has 1 fully saturated rings. The Balaban J connectivity index is 1.89. The van der Waals surface area contributed by atoms with E-state index in [1.165, 1.54) is 11.6 Å². The van der Waals surface area contributed by atoms with E-state index in [2.05, 4.69) is 6.07 Å². The lowest BCUT2D eigenvalue weighted by molar-refractivity contribution is -0.136. The number of hydrogen-bond donors (Lipinski definition) is 0. The minimum Gasteiger partial charge on any atom is -0.335 e. The van der Waals surface area contributed by atoms with E-state index in [4.69, 9.17) is 0 Å². The van der Waals surface area contributed by atoms with Crippen molar-refractivity contribution in [3.05, 3.63) is 71.0 Å². The second-order valence-corrected chi connectivity index (χ2v) is 7.08. The summed E-state index contributed by atoms with van der Waals surface area (Å²) in [6.45, 7) is 6.65. The van der Waals surface area contributed by atoms with E-state index >= 15 is 0 Å². The Morgan fingerprint density at radius 3 is 2.46 bits per heavy atom. The molecule has 3 heteroatoms. The monoisotopic (exact) mass is 325 g/mol. The molecule has 0 bridgehead atoms. The van der Waals surface area contributed by atoms with Crippen molar-refractivity contribution in [1.82, 2.24) is 4.90 Å². The average molecular weight is 325 g/mol. The molecule has 0 radical (unpaired) electrons. The van der Waals surface area contributed by atoms with Crippen molar-refractivity contribution in [2.45, 2.75) is 51.6 Å². The fraction of sp³-hybridized carbons (Fsp3) is 0.381. The molecule has 126 valence electrons. The number of rotatable bonds is 5. The van der Waals surface area contributed by atoms with Crippen LogP contribution < -0.4 is 0 Å². The third-order valence-electron chi connectivity index (χ3n) is 4.87. The zero-order chi connectivity index (χ0) is 17.3. The van der Waals surface area contributed by atoms with Crippen molar-refractivity contribution < 1.29 is 9.18 Å². The lowest BCUT2D eigenvalue weighted by atomic mass is 9.93. The van der Waals surface area contributed by atoms with E-state index in [9.17, 15) is 9.18 Å². The largest absolute Gasteiger partial charge is 0.335 e. The van der Waals surface area contributed by atoms with Gasteiger partial charge < -0.3 is 4.90 Å². The minimum atomic E-state index is -0.667. The van der Waals surface area contributed by atoms with Crippen LogP contribution in [0.4, 0.5) is 4.39 Å². The molecular formula is C21H24FNO.